The van der Waals surface area contributed by atoms with Crippen molar-refractivity contribution in [2.75, 3.05) is 10.6 Å². The van der Waals surface area contributed by atoms with Gasteiger partial charge in [-0.25, -0.2) is 0 Å². The maximum atomic E-state index is 12.6. The second-order valence-electron chi connectivity index (χ2n) is 6.63. The lowest BCUT2D eigenvalue weighted by molar-refractivity contribution is -0.116. The van der Waals surface area contributed by atoms with Crippen molar-refractivity contribution >= 4 is 23.2 Å². The molecule has 0 bridgehead atoms. The van der Waals surface area contributed by atoms with Crippen LogP contribution in [0.2, 0.25) is 0 Å². The molecule has 0 fully saturated rings. The first-order valence-electron chi connectivity index (χ1n) is 9.62. The molecule has 148 valence electrons. The lowest BCUT2D eigenvalue weighted by Gasteiger charge is -2.10. The SMILES string of the molecule is CCCC(=O)Nc1ccc(NC(=O)c2cccc(OCc3ccccc3)c2)cc1. The first-order chi connectivity index (χ1) is 14.1. The molecule has 0 spiro atoms. The van der Waals surface area contributed by atoms with Gasteiger partial charge in [-0.05, 0) is 54.4 Å². The predicted octanol–water partition coefficient (Wildman–Crippen LogP) is 5.26. The van der Waals surface area contributed by atoms with Gasteiger partial charge in [-0.2, -0.15) is 0 Å². The quantitative estimate of drug-likeness (QED) is 0.553. The van der Waals surface area contributed by atoms with E-state index in [0.29, 0.717) is 35.7 Å². The van der Waals surface area contributed by atoms with Crippen LogP contribution in [0.5, 0.6) is 5.75 Å². The van der Waals surface area contributed by atoms with Crippen LogP contribution >= 0.6 is 0 Å². The molecule has 3 aromatic carbocycles. The Morgan fingerprint density at radius 3 is 2.21 bits per heavy atom. The molecule has 0 unspecified atom stereocenters. The maximum absolute atomic E-state index is 12.6. The fourth-order valence-corrected chi connectivity index (χ4v) is 2.76. The smallest absolute Gasteiger partial charge is 0.255 e. The van der Waals surface area contributed by atoms with Crippen molar-refractivity contribution in [2.45, 2.75) is 26.4 Å². The zero-order valence-corrected chi connectivity index (χ0v) is 16.4. The average Bonchev–Trinajstić information content (AvgIpc) is 2.75. The fraction of sp³-hybridized carbons (Fsp3) is 0.167. The highest BCUT2D eigenvalue weighted by Gasteiger charge is 2.08. The molecule has 3 rings (SSSR count). The number of benzene rings is 3. The number of hydrogen-bond donors (Lipinski definition) is 2. The molecule has 0 radical (unpaired) electrons. The van der Waals surface area contributed by atoms with E-state index in [0.717, 1.165) is 12.0 Å². The molecule has 5 heteroatoms. The van der Waals surface area contributed by atoms with E-state index in [2.05, 4.69) is 10.6 Å². The van der Waals surface area contributed by atoms with Crippen molar-refractivity contribution < 1.29 is 14.3 Å². The Morgan fingerprint density at radius 1 is 0.828 bits per heavy atom. The van der Waals surface area contributed by atoms with E-state index < -0.39 is 0 Å². The average molecular weight is 388 g/mol. The Bertz CT molecular complexity index is 953. The number of carbonyl (C=O) groups excluding carboxylic acids is 2. The normalized spacial score (nSPS) is 10.2. The third kappa shape index (κ3) is 6.21. The summed E-state index contributed by atoms with van der Waals surface area (Å²) in [7, 11) is 0. The third-order valence-electron chi connectivity index (χ3n) is 4.25. The van der Waals surface area contributed by atoms with Gasteiger partial charge in [-0.15, -0.1) is 0 Å². The largest absolute Gasteiger partial charge is 0.489 e. The van der Waals surface area contributed by atoms with Gasteiger partial charge in [0.25, 0.3) is 5.91 Å². The zero-order chi connectivity index (χ0) is 20.5. The molecular weight excluding hydrogens is 364 g/mol. The van der Waals surface area contributed by atoms with Crippen LogP contribution in [-0.2, 0) is 11.4 Å². The maximum Gasteiger partial charge on any atom is 0.255 e. The number of rotatable bonds is 8. The second kappa shape index (κ2) is 10.1. The first kappa shape index (κ1) is 20.1. The third-order valence-corrected chi connectivity index (χ3v) is 4.25. The van der Waals surface area contributed by atoms with Crippen LogP contribution in [0, 0.1) is 0 Å². The van der Waals surface area contributed by atoms with E-state index in [1.54, 1.807) is 42.5 Å². The summed E-state index contributed by atoms with van der Waals surface area (Å²) in [6, 6.07) is 24.0. The van der Waals surface area contributed by atoms with Gasteiger partial charge in [0, 0.05) is 23.4 Å². The molecule has 0 saturated carbocycles. The highest BCUT2D eigenvalue weighted by molar-refractivity contribution is 6.04. The van der Waals surface area contributed by atoms with Gasteiger partial charge in [0.1, 0.15) is 12.4 Å². The molecule has 5 nitrogen and oxygen atoms in total. The summed E-state index contributed by atoms with van der Waals surface area (Å²) in [6.07, 6.45) is 1.29. The minimum atomic E-state index is -0.224. The van der Waals surface area contributed by atoms with Crippen LogP contribution in [-0.4, -0.2) is 11.8 Å². The number of ether oxygens (including phenoxy) is 1. The number of nitrogens with one attached hydrogen (secondary N) is 2. The van der Waals surface area contributed by atoms with E-state index in [-0.39, 0.29) is 11.8 Å². The topological polar surface area (TPSA) is 67.4 Å². The lowest BCUT2D eigenvalue weighted by atomic mass is 10.2. The predicted molar refractivity (Wildman–Crippen MR) is 115 cm³/mol. The highest BCUT2D eigenvalue weighted by atomic mass is 16.5. The van der Waals surface area contributed by atoms with Gasteiger partial charge in [-0.3, -0.25) is 9.59 Å². The van der Waals surface area contributed by atoms with Crippen LogP contribution < -0.4 is 15.4 Å². The van der Waals surface area contributed by atoms with Crippen molar-refractivity contribution in [1.29, 1.82) is 0 Å². The summed E-state index contributed by atoms with van der Waals surface area (Å²) >= 11 is 0. The first-order valence-corrected chi connectivity index (χ1v) is 9.62. The molecule has 2 amide bonds. The van der Waals surface area contributed by atoms with E-state index in [4.69, 9.17) is 4.74 Å². The molecule has 0 aliphatic rings. The number of carbonyl (C=O) groups is 2. The Balaban J connectivity index is 1.58. The minimum absolute atomic E-state index is 0.0170. The number of anilines is 2. The molecule has 0 aromatic heterocycles. The summed E-state index contributed by atoms with van der Waals surface area (Å²) < 4.78 is 5.79. The van der Waals surface area contributed by atoms with Crippen molar-refractivity contribution in [3.8, 4) is 5.75 Å². The molecular formula is C24H24N2O3. The molecule has 0 aliphatic carbocycles. The van der Waals surface area contributed by atoms with Crippen molar-refractivity contribution in [1.82, 2.24) is 0 Å². The Morgan fingerprint density at radius 2 is 1.52 bits per heavy atom. The van der Waals surface area contributed by atoms with Gasteiger partial charge in [0.2, 0.25) is 5.91 Å². The van der Waals surface area contributed by atoms with Crippen molar-refractivity contribution in [3.05, 3.63) is 90.0 Å². The molecule has 2 N–H and O–H groups in total. The monoisotopic (exact) mass is 388 g/mol. The number of hydrogen-bond acceptors (Lipinski definition) is 3. The summed E-state index contributed by atoms with van der Waals surface area (Å²) in [4.78, 5) is 24.2. The Kier molecular flexibility index (Phi) is 7.00. The van der Waals surface area contributed by atoms with Gasteiger partial charge in [-0.1, -0.05) is 43.3 Å². The molecule has 0 heterocycles. The summed E-state index contributed by atoms with van der Waals surface area (Å²) in [5, 5.41) is 5.68. The van der Waals surface area contributed by atoms with E-state index in [9.17, 15) is 9.59 Å². The van der Waals surface area contributed by atoms with Crippen molar-refractivity contribution in [3.63, 3.8) is 0 Å². The highest BCUT2D eigenvalue weighted by Crippen LogP contribution is 2.18. The van der Waals surface area contributed by atoms with Gasteiger partial charge in [0.15, 0.2) is 0 Å². The van der Waals surface area contributed by atoms with Crippen LogP contribution in [0.25, 0.3) is 0 Å². The van der Waals surface area contributed by atoms with E-state index in [1.807, 2.05) is 43.3 Å². The molecule has 0 aliphatic heterocycles. The van der Waals surface area contributed by atoms with Crippen LogP contribution in [0.15, 0.2) is 78.9 Å². The lowest BCUT2D eigenvalue weighted by Crippen LogP contribution is -2.13. The van der Waals surface area contributed by atoms with E-state index in [1.165, 1.54) is 0 Å². The molecule has 29 heavy (non-hydrogen) atoms. The van der Waals surface area contributed by atoms with Crippen LogP contribution in [0.4, 0.5) is 11.4 Å². The molecule has 3 aromatic rings. The van der Waals surface area contributed by atoms with Crippen molar-refractivity contribution in [2.24, 2.45) is 0 Å². The summed E-state index contributed by atoms with van der Waals surface area (Å²) in [6.45, 7) is 2.40. The Hall–Kier alpha value is -3.60. The molecule has 0 atom stereocenters. The van der Waals surface area contributed by atoms with Gasteiger partial charge >= 0.3 is 0 Å². The van der Waals surface area contributed by atoms with Gasteiger partial charge in [0.05, 0.1) is 0 Å². The fourth-order valence-electron chi connectivity index (χ4n) is 2.76. The van der Waals surface area contributed by atoms with E-state index >= 15 is 0 Å². The zero-order valence-electron chi connectivity index (χ0n) is 16.4. The molecule has 0 saturated heterocycles. The Labute approximate surface area is 170 Å². The van der Waals surface area contributed by atoms with Gasteiger partial charge < -0.3 is 15.4 Å². The minimum Gasteiger partial charge on any atom is -0.489 e. The standard InChI is InChI=1S/C24H24N2O3/c1-2-7-23(27)25-20-12-14-21(15-13-20)26-24(28)19-10-6-11-22(16-19)29-17-18-8-4-3-5-9-18/h3-6,8-16H,2,7,17H2,1H3,(H,25,27)(H,26,28). The summed E-state index contributed by atoms with van der Waals surface area (Å²) in [5.41, 5.74) is 2.93. The van der Waals surface area contributed by atoms with Crippen LogP contribution in [0.3, 0.4) is 0 Å². The second-order valence-corrected chi connectivity index (χ2v) is 6.63. The number of amides is 2. The van der Waals surface area contributed by atoms with Crippen LogP contribution in [0.1, 0.15) is 35.7 Å². The summed E-state index contributed by atoms with van der Waals surface area (Å²) in [5.74, 6) is 0.394.